The van der Waals surface area contributed by atoms with Gasteiger partial charge in [-0.25, -0.2) is 18.7 Å². The van der Waals surface area contributed by atoms with Gasteiger partial charge in [-0.05, 0) is 50.5 Å². The Bertz CT molecular complexity index is 643. The smallest absolute Gasteiger partial charge is 0.248 e. The van der Waals surface area contributed by atoms with Crippen LogP contribution in [-0.2, 0) is 11.2 Å². The number of rotatable bonds is 8. The molecule has 0 saturated carbocycles. The van der Waals surface area contributed by atoms with E-state index in [2.05, 4.69) is 9.97 Å². The second-order valence-corrected chi connectivity index (χ2v) is 5.62. The van der Waals surface area contributed by atoms with E-state index in [9.17, 15) is 13.6 Å². The number of unbranched alkanes of at least 4 members (excludes halogenated alkanes) is 1. The molecule has 3 nitrogen and oxygen atoms in total. The summed E-state index contributed by atoms with van der Waals surface area (Å²) in [7, 11) is 0. The van der Waals surface area contributed by atoms with Crippen molar-refractivity contribution < 1.29 is 13.6 Å². The summed E-state index contributed by atoms with van der Waals surface area (Å²) >= 11 is 0. The molecule has 118 valence electrons. The minimum absolute atomic E-state index is 0.0507. The maximum atomic E-state index is 13.5. The van der Waals surface area contributed by atoms with E-state index in [-0.39, 0.29) is 25.0 Å². The summed E-state index contributed by atoms with van der Waals surface area (Å²) in [4.78, 5) is 19.4. The summed E-state index contributed by atoms with van der Waals surface area (Å²) in [5, 5.41) is 0.974. The zero-order valence-corrected chi connectivity index (χ0v) is 12.7. The van der Waals surface area contributed by atoms with Crippen LogP contribution in [0.5, 0.6) is 0 Å². The second kappa shape index (κ2) is 7.38. The normalized spacial score (nSPS) is 11.8. The van der Waals surface area contributed by atoms with Crippen LogP contribution >= 0.6 is 0 Å². The predicted molar refractivity (Wildman–Crippen MR) is 82.0 cm³/mol. The van der Waals surface area contributed by atoms with E-state index in [0.29, 0.717) is 24.9 Å². The maximum absolute atomic E-state index is 13.5. The van der Waals surface area contributed by atoms with Crippen LogP contribution in [0, 0.1) is 0 Å². The molecule has 0 radical (unpaired) electrons. The number of hydrogen-bond donors (Lipinski definition) is 0. The van der Waals surface area contributed by atoms with Gasteiger partial charge in [0.2, 0.25) is 5.92 Å². The van der Waals surface area contributed by atoms with Gasteiger partial charge in [-0.15, -0.1) is 0 Å². The average molecular weight is 306 g/mol. The molecule has 5 heteroatoms. The van der Waals surface area contributed by atoms with E-state index in [4.69, 9.17) is 0 Å². The van der Waals surface area contributed by atoms with Gasteiger partial charge in [0.1, 0.15) is 5.78 Å². The molecule has 0 N–H and O–H groups in total. The molecular formula is C17H20F2N2O. The van der Waals surface area contributed by atoms with Crippen LogP contribution in [0.2, 0.25) is 0 Å². The lowest BCUT2D eigenvalue weighted by atomic mass is 10.0. The molecule has 0 fully saturated rings. The lowest BCUT2D eigenvalue weighted by molar-refractivity contribution is -0.119. The number of aryl methyl sites for hydroxylation is 1. The number of carbonyl (C=O) groups is 1. The van der Waals surface area contributed by atoms with Gasteiger partial charge in [0, 0.05) is 36.5 Å². The average Bonchev–Trinajstić information content (AvgIpc) is 2.50. The van der Waals surface area contributed by atoms with E-state index in [1.165, 1.54) is 6.92 Å². The monoisotopic (exact) mass is 306 g/mol. The van der Waals surface area contributed by atoms with Crippen molar-refractivity contribution in [3.8, 4) is 0 Å². The van der Waals surface area contributed by atoms with E-state index in [1.807, 2.05) is 24.3 Å². The third-order valence-corrected chi connectivity index (χ3v) is 3.59. The molecule has 0 bridgehead atoms. The quantitative estimate of drug-likeness (QED) is 0.681. The van der Waals surface area contributed by atoms with E-state index in [0.717, 1.165) is 11.1 Å². The van der Waals surface area contributed by atoms with Gasteiger partial charge in [0.25, 0.3) is 0 Å². The third kappa shape index (κ3) is 5.13. The zero-order chi connectivity index (χ0) is 16.0. The molecule has 2 heterocycles. The van der Waals surface area contributed by atoms with Crippen LogP contribution < -0.4 is 0 Å². The highest BCUT2D eigenvalue weighted by atomic mass is 19.3. The van der Waals surface area contributed by atoms with Gasteiger partial charge >= 0.3 is 0 Å². The van der Waals surface area contributed by atoms with Crippen LogP contribution in [0.15, 0.2) is 30.5 Å². The molecule has 0 aliphatic carbocycles. The fraction of sp³-hybridized carbons (Fsp3) is 0.471. The maximum Gasteiger partial charge on any atom is 0.248 e. The summed E-state index contributed by atoms with van der Waals surface area (Å²) < 4.78 is 27.1. The molecule has 0 atom stereocenters. The zero-order valence-electron chi connectivity index (χ0n) is 12.7. The summed E-state index contributed by atoms with van der Waals surface area (Å²) in [5.74, 6) is -2.93. The number of hydrogen-bond acceptors (Lipinski definition) is 3. The second-order valence-electron chi connectivity index (χ2n) is 5.62. The van der Waals surface area contributed by atoms with Crippen LogP contribution in [0.25, 0.3) is 11.0 Å². The first-order chi connectivity index (χ1) is 10.5. The van der Waals surface area contributed by atoms with Crippen LogP contribution in [0.1, 0.15) is 44.7 Å². The van der Waals surface area contributed by atoms with E-state index < -0.39 is 5.92 Å². The van der Waals surface area contributed by atoms with Crippen molar-refractivity contribution in [3.05, 3.63) is 36.2 Å². The highest BCUT2D eigenvalue weighted by Crippen LogP contribution is 2.27. The third-order valence-electron chi connectivity index (χ3n) is 3.59. The molecular weight excluding hydrogens is 286 g/mol. The molecule has 2 aromatic heterocycles. The van der Waals surface area contributed by atoms with Crippen molar-refractivity contribution in [2.45, 2.75) is 51.4 Å². The standard InChI is InChI=1S/C17H20F2N2O/c1-13(22)9-11-17(18,19)10-3-2-6-15-8-7-14-5-4-12-20-16(14)21-15/h4-5,7-8,12H,2-3,6,9-11H2,1H3. The Morgan fingerprint density at radius 3 is 2.77 bits per heavy atom. The highest BCUT2D eigenvalue weighted by molar-refractivity contribution is 5.75. The van der Waals surface area contributed by atoms with Gasteiger partial charge in [-0.3, -0.25) is 0 Å². The Kier molecular flexibility index (Phi) is 5.52. The SMILES string of the molecule is CC(=O)CCC(F)(F)CCCCc1ccc2cccnc2n1. The molecule has 0 aliphatic rings. The van der Waals surface area contributed by atoms with E-state index in [1.54, 1.807) is 6.20 Å². The van der Waals surface area contributed by atoms with Crippen molar-refractivity contribution in [1.82, 2.24) is 9.97 Å². The summed E-state index contributed by atoms with van der Waals surface area (Å²) in [6, 6.07) is 7.66. The largest absolute Gasteiger partial charge is 0.300 e. The molecule has 0 unspecified atom stereocenters. The topological polar surface area (TPSA) is 42.9 Å². The molecule has 0 saturated heterocycles. The Balaban J connectivity index is 1.79. The Labute approximate surface area is 128 Å². The van der Waals surface area contributed by atoms with Crippen LogP contribution in [0.3, 0.4) is 0 Å². The van der Waals surface area contributed by atoms with Crippen molar-refractivity contribution >= 4 is 16.8 Å². The number of nitrogens with zero attached hydrogens (tertiary/aromatic N) is 2. The number of aromatic nitrogens is 2. The van der Waals surface area contributed by atoms with Crippen molar-refractivity contribution in [3.63, 3.8) is 0 Å². The number of fused-ring (bicyclic) bond motifs is 1. The predicted octanol–water partition coefficient (Wildman–Crippen LogP) is 4.35. The molecule has 2 aromatic rings. The number of Topliss-reactive ketones (excluding diaryl/α,β-unsaturated/α-hetero) is 1. The minimum Gasteiger partial charge on any atom is -0.300 e. The number of pyridine rings is 2. The Hall–Kier alpha value is -1.91. The van der Waals surface area contributed by atoms with Gasteiger partial charge in [0.15, 0.2) is 5.65 Å². The molecule has 22 heavy (non-hydrogen) atoms. The summed E-state index contributed by atoms with van der Waals surface area (Å²) in [6.45, 7) is 1.34. The van der Waals surface area contributed by atoms with Crippen LogP contribution in [-0.4, -0.2) is 21.7 Å². The van der Waals surface area contributed by atoms with Crippen molar-refractivity contribution in [2.75, 3.05) is 0 Å². The lowest BCUT2D eigenvalue weighted by Gasteiger charge is -2.15. The van der Waals surface area contributed by atoms with Gasteiger partial charge in [-0.1, -0.05) is 0 Å². The highest BCUT2D eigenvalue weighted by Gasteiger charge is 2.27. The molecule has 0 aromatic carbocycles. The number of ketones is 1. The molecule has 0 spiro atoms. The minimum atomic E-state index is -2.75. The van der Waals surface area contributed by atoms with Gasteiger partial charge < -0.3 is 4.79 Å². The first-order valence-corrected chi connectivity index (χ1v) is 7.54. The van der Waals surface area contributed by atoms with Crippen molar-refractivity contribution in [2.24, 2.45) is 0 Å². The fourth-order valence-corrected chi connectivity index (χ4v) is 2.31. The summed E-state index contributed by atoms with van der Waals surface area (Å²) in [5.41, 5.74) is 1.56. The number of carbonyl (C=O) groups excluding carboxylic acids is 1. The molecule has 2 rings (SSSR count). The van der Waals surface area contributed by atoms with Crippen LogP contribution in [0.4, 0.5) is 8.78 Å². The Morgan fingerprint density at radius 1 is 1.18 bits per heavy atom. The fourth-order valence-electron chi connectivity index (χ4n) is 2.31. The van der Waals surface area contributed by atoms with Gasteiger partial charge in [0.05, 0.1) is 0 Å². The van der Waals surface area contributed by atoms with E-state index >= 15 is 0 Å². The number of halogens is 2. The first-order valence-electron chi connectivity index (χ1n) is 7.54. The van der Waals surface area contributed by atoms with Crippen molar-refractivity contribution in [1.29, 1.82) is 0 Å². The first kappa shape index (κ1) is 16.5. The Morgan fingerprint density at radius 2 is 2.00 bits per heavy atom. The van der Waals surface area contributed by atoms with Gasteiger partial charge in [-0.2, -0.15) is 0 Å². The molecule has 0 aliphatic heterocycles. The summed E-state index contributed by atoms with van der Waals surface area (Å²) in [6.07, 6.45) is 2.86. The lowest BCUT2D eigenvalue weighted by Crippen LogP contribution is -2.17. The number of alkyl halides is 2. The molecule has 0 amide bonds.